The Morgan fingerprint density at radius 1 is 1.04 bits per heavy atom. The van der Waals surface area contributed by atoms with Gasteiger partial charge in [-0.2, -0.15) is 0 Å². The largest absolute Gasteiger partial charge is 0.469 e. The maximum Gasteiger partial charge on any atom is 0.306 e. The lowest BCUT2D eigenvalue weighted by Crippen LogP contribution is -2.33. The van der Waals surface area contributed by atoms with Gasteiger partial charge in [-0.1, -0.05) is 30.3 Å². The van der Waals surface area contributed by atoms with Crippen LogP contribution < -0.4 is 0 Å². The fourth-order valence-corrected chi connectivity index (χ4v) is 3.73. The van der Waals surface area contributed by atoms with E-state index in [1.807, 2.05) is 11.0 Å². The minimum absolute atomic E-state index is 0.0828. The molecule has 2 fully saturated rings. The van der Waals surface area contributed by atoms with Gasteiger partial charge in [0, 0.05) is 39.1 Å². The van der Waals surface area contributed by atoms with Crippen molar-refractivity contribution in [3.63, 3.8) is 0 Å². The summed E-state index contributed by atoms with van der Waals surface area (Å²) in [4.78, 5) is 27.7. The van der Waals surface area contributed by atoms with Crippen LogP contribution in [0.2, 0.25) is 0 Å². The third-order valence-electron chi connectivity index (χ3n) is 4.93. The number of rotatable bonds is 5. The molecule has 2 saturated heterocycles. The number of fused-ring (bicyclic) bond motifs is 1. The fourth-order valence-electron chi connectivity index (χ4n) is 3.73. The van der Waals surface area contributed by atoms with Gasteiger partial charge in [-0.3, -0.25) is 14.5 Å². The highest BCUT2D eigenvalue weighted by Crippen LogP contribution is 2.32. The molecular weight excluding hydrogens is 292 g/mol. The van der Waals surface area contributed by atoms with Crippen molar-refractivity contribution in [1.29, 1.82) is 0 Å². The van der Waals surface area contributed by atoms with Gasteiger partial charge in [0.25, 0.3) is 0 Å². The van der Waals surface area contributed by atoms with Crippen LogP contribution in [0, 0.1) is 11.8 Å². The predicted octanol–water partition coefficient (Wildman–Crippen LogP) is 1.53. The van der Waals surface area contributed by atoms with Gasteiger partial charge in [0.2, 0.25) is 5.91 Å². The molecule has 124 valence electrons. The molecule has 3 rings (SSSR count). The van der Waals surface area contributed by atoms with Crippen molar-refractivity contribution in [3.8, 4) is 0 Å². The molecule has 2 aliphatic rings. The Labute approximate surface area is 137 Å². The van der Waals surface area contributed by atoms with Crippen LogP contribution in [0.4, 0.5) is 0 Å². The second-order valence-electron chi connectivity index (χ2n) is 6.57. The first-order valence-electron chi connectivity index (χ1n) is 8.26. The summed E-state index contributed by atoms with van der Waals surface area (Å²) in [6, 6.07) is 10.5. The third kappa shape index (κ3) is 3.91. The molecule has 0 radical (unpaired) electrons. The Kier molecular flexibility index (Phi) is 4.96. The summed E-state index contributed by atoms with van der Waals surface area (Å²) >= 11 is 0. The van der Waals surface area contributed by atoms with Gasteiger partial charge in [-0.25, -0.2) is 0 Å². The van der Waals surface area contributed by atoms with Gasteiger partial charge >= 0.3 is 5.97 Å². The Bertz CT molecular complexity index is 547. The van der Waals surface area contributed by atoms with Crippen LogP contribution in [0.1, 0.15) is 18.4 Å². The first kappa shape index (κ1) is 16.0. The number of nitrogens with zero attached hydrogens (tertiary/aromatic N) is 2. The molecule has 2 unspecified atom stereocenters. The highest BCUT2D eigenvalue weighted by molar-refractivity contribution is 5.81. The number of methoxy groups -OCH3 is 1. The lowest BCUT2D eigenvalue weighted by atomic mass is 10.0. The molecule has 5 heteroatoms. The van der Waals surface area contributed by atoms with Crippen molar-refractivity contribution >= 4 is 11.9 Å². The molecule has 2 aliphatic heterocycles. The van der Waals surface area contributed by atoms with Gasteiger partial charge in [0.05, 0.1) is 13.5 Å². The maximum absolute atomic E-state index is 12.2. The molecule has 1 amide bonds. The molecule has 0 spiro atoms. The Balaban J connectivity index is 1.46. The van der Waals surface area contributed by atoms with E-state index >= 15 is 0 Å². The normalized spacial score (nSPS) is 23.8. The summed E-state index contributed by atoms with van der Waals surface area (Å²) in [6.07, 6.45) is 0.446. The fraction of sp³-hybridized carbons (Fsp3) is 0.556. The SMILES string of the molecule is COC(=O)CCC(=O)N1CC2CN(Cc3ccccc3)CC2C1. The second-order valence-corrected chi connectivity index (χ2v) is 6.57. The zero-order valence-corrected chi connectivity index (χ0v) is 13.6. The molecule has 0 aliphatic carbocycles. The predicted molar refractivity (Wildman–Crippen MR) is 86.5 cm³/mol. The highest BCUT2D eigenvalue weighted by Gasteiger charge is 2.41. The van der Waals surface area contributed by atoms with E-state index in [1.54, 1.807) is 0 Å². The quantitative estimate of drug-likeness (QED) is 0.773. The monoisotopic (exact) mass is 316 g/mol. The zero-order chi connectivity index (χ0) is 16.2. The molecular formula is C18H24N2O3. The van der Waals surface area contributed by atoms with E-state index in [0.29, 0.717) is 11.8 Å². The number of likely N-dealkylation sites (tertiary alicyclic amines) is 2. The molecule has 0 bridgehead atoms. The highest BCUT2D eigenvalue weighted by atomic mass is 16.5. The minimum atomic E-state index is -0.313. The van der Waals surface area contributed by atoms with E-state index in [-0.39, 0.29) is 24.7 Å². The molecule has 5 nitrogen and oxygen atoms in total. The van der Waals surface area contributed by atoms with E-state index in [2.05, 4.69) is 33.9 Å². The van der Waals surface area contributed by atoms with Gasteiger partial charge in [-0.05, 0) is 17.4 Å². The summed E-state index contributed by atoms with van der Waals surface area (Å²) in [5.74, 6) is 0.910. The van der Waals surface area contributed by atoms with Crippen molar-refractivity contribution in [1.82, 2.24) is 9.80 Å². The number of hydrogen-bond acceptors (Lipinski definition) is 4. The van der Waals surface area contributed by atoms with Crippen LogP contribution >= 0.6 is 0 Å². The number of carbonyl (C=O) groups excluding carboxylic acids is 2. The van der Waals surface area contributed by atoms with E-state index < -0.39 is 0 Å². The first-order chi connectivity index (χ1) is 11.2. The molecule has 0 N–H and O–H groups in total. The summed E-state index contributed by atoms with van der Waals surface area (Å²) in [6.45, 7) is 4.76. The van der Waals surface area contributed by atoms with Crippen LogP contribution in [0.15, 0.2) is 30.3 Å². The van der Waals surface area contributed by atoms with Crippen molar-refractivity contribution < 1.29 is 14.3 Å². The van der Waals surface area contributed by atoms with E-state index in [9.17, 15) is 9.59 Å². The van der Waals surface area contributed by atoms with Gasteiger partial charge in [0.15, 0.2) is 0 Å². The van der Waals surface area contributed by atoms with E-state index in [0.717, 1.165) is 32.7 Å². The van der Waals surface area contributed by atoms with Gasteiger partial charge < -0.3 is 9.64 Å². The summed E-state index contributed by atoms with van der Waals surface area (Å²) < 4.78 is 4.59. The summed E-state index contributed by atoms with van der Waals surface area (Å²) in [5.41, 5.74) is 1.35. The zero-order valence-electron chi connectivity index (χ0n) is 13.6. The van der Waals surface area contributed by atoms with Crippen molar-refractivity contribution in [3.05, 3.63) is 35.9 Å². The second kappa shape index (κ2) is 7.13. The maximum atomic E-state index is 12.2. The van der Waals surface area contributed by atoms with Crippen molar-refractivity contribution in [2.75, 3.05) is 33.3 Å². The number of hydrogen-bond donors (Lipinski definition) is 0. The summed E-state index contributed by atoms with van der Waals surface area (Å²) in [7, 11) is 1.36. The lowest BCUT2D eigenvalue weighted by Gasteiger charge is -2.21. The molecule has 2 atom stereocenters. The average molecular weight is 316 g/mol. The minimum Gasteiger partial charge on any atom is -0.469 e. The molecule has 23 heavy (non-hydrogen) atoms. The van der Waals surface area contributed by atoms with Crippen LogP contribution in [0.5, 0.6) is 0 Å². The molecule has 1 aromatic rings. The number of ether oxygens (including phenoxy) is 1. The van der Waals surface area contributed by atoms with E-state index in [4.69, 9.17) is 0 Å². The van der Waals surface area contributed by atoms with Crippen LogP contribution in [-0.4, -0.2) is 55.0 Å². The molecule has 0 saturated carbocycles. The van der Waals surface area contributed by atoms with Crippen LogP contribution in [0.3, 0.4) is 0 Å². The number of amides is 1. The van der Waals surface area contributed by atoms with Crippen molar-refractivity contribution in [2.24, 2.45) is 11.8 Å². The Morgan fingerprint density at radius 2 is 1.70 bits per heavy atom. The number of benzene rings is 1. The molecule has 2 heterocycles. The lowest BCUT2D eigenvalue weighted by molar-refractivity contribution is -0.143. The standard InChI is InChI=1S/C18H24N2O3/c1-23-18(22)8-7-17(21)20-12-15-10-19(11-16(15)13-20)9-14-5-3-2-4-6-14/h2-6,15-16H,7-13H2,1H3. The van der Waals surface area contributed by atoms with Gasteiger partial charge in [-0.15, -0.1) is 0 Å². The Morgan fingerprint density at radius 3 is 2.30 bits per heavy atom. The topological polar surface area (TPSA) is 49.9 Å². The number of esters is 1. The molecule has 0 aromatic heterocycles. The molecule has 1 aromatic carbocycles. The summed E-state index contributed by atoms with van der Waals surface area (Å²) in [5, 5.41) is 0. The smallest absolute Gasteiger partial charge is 0.306 e. The third-order valence-corrected chi connectivity index (χ3v) is 4.93. The average Bonchev–Trinajstić information content (AvgIpc) is 3.11. The first-order valence-corrected chi connectivity index (χ1v) is 8.26. The van der Waals surface area contributed by atoms with Crippen LogP contribution in [0.25, 0.3) is 0 Å². The van der Waals surface area contributed by atoms with E-state index in [1.165, 1.54) is 12.7 Å². The number of carbonyl (C=O) groups is 2. The Hall–Kier alpha value is -1.88. The van der Waals surface area contributed by atoms with Crippen LogP contribution in [-0.2, 0) is 20.9 Å². The van der Waals surface area contributed by atoms with Crippen molar-refractivity contribution in [2.45, 2.75) is 19.4 Å². The van der Waals surface area contributed by atoms with Gasteiger partial charge in [0.1, 0.15) is 0 Å².